The maximum absolute atomic E-state index is 13.0. The molecule has 1 aliphatic carbocycles. The van der Waals surface area contributed by atoms with Crippen molar-refractivity contribution in [2.45, 2.75) is 44.9 Å². The highest BCUT2D eigenvalue weighted by molar-refractivity contribution is 6.30. The van der Waals surface area contributed by atoms with Crippen molar-refractivity contribution in [1.29, 1.82) is 0 Å². The zero-order chi connectivity index (χ0) is 19.4. The van der Waals surface area contributed by atoms with Crippen molar-refractivity contribution in [3.63, 3.8) is 0 Å². The van der Waals surface area contributed by atoms with Gasteiger partial charge in [0.05, 0.1) is 12.0 Å². The molecule has 1 fully saturated rings. The van der Waals surface area contributed by atoms with Crippen LogP contribution in [0.15, 0.2) is 42.5 Å². The van der Waals surface area contributed by atoms with Gasteiger partial charge in [0.15, 0.2) is 0 Å². The molecule has 0 radical (unpaired) electrons. The summed E-state index contributed by atoms with van der Waals surface area (Å²) >= 11 is 6.00. The largest absolute Gasteiger partial charge is 0.346 e. The summed E-state index contributed by atoms with van der Waals surface area (Å²) in [6.45, 7) is 3.87. The molecule has 2 amide bonds. The van der Waals surface area contributed by atoms with E-state index in [0.717, 1.165) is 48.1 Å². The van der Waals surface area contributed by atoms with Gasteiger partial charge >= 0.3 is 0 Å². The van der Waals surface area contributed by atoms with Gasteiger partial charge in [0, 0.05) is 10.7 Å². The predicted octanol–water partition coefficient (Wildman–Crippen LogP) is 4.52. The van der Waals surface area contributed by atoms with E-state index in [9.17, 15) is 9.59 Å². The summed E-state index contributed by atoms with van der Waals surface area (Å²) in [5.74, 6) is -0.302. The quantitative estimate of drug-likeness (QED) is 0.796. The first kappa shape index (κ1) is 19.4. The number of para-hydroxylation sites is 1. The Morgan fingerprint density at radius 2 is 1.59 bits per heavy atom. The van der Waals surface area contributed by atoms with E-state index in [1.165, 1.54) is 0 Å². The second-order valence-corrected chi connectivity index (χ2v) is 7.73. The van der Waals surface area contributed by atoms with Gasteiger partial charge in [0.25, 0.3) is 0 Å². The van der Waals surface area contributed by atoms with Gasteiger partial charge in [-0.15, -0.1) is 0 Å². The fraction of sp³-hybridized carbons (Fsp3) is 0.364. The van der Waals surface area contributed by atoms with E-state index >= 15 is 0 Å². The monoisotopic (exact) mass is 384 g/mol. The number of carbonyl (C=O) groups excluding carboxylic acids is 2. The summed E-state index contributed by atoms with van der Waals surface area (Å²) in [6.07, 6.45) is 3.59. The lowest BCUT2D eigenvalue weighted by atomic mass is 9.78. The van der Waals surface area contributed by atoms with Crippen LogP contribution < -0.4 is 10.6 Å². The molecule has 0 saturated heterocycles. The van der Waals surface area contributed by atoms with E-state index in [2.05, 4.69) is 10.6 Å². The summed E-state index contributed by atoms with van der Waals surface area (Å²) in [7, 11) is 0. The summed E-state index contributed by atoms with van der Waals surface area (Å²) in [5, 5.41) is 6.42. The zero-order valence-electron chi connectivity index (χ0n) is 15.8. The van der Waals surface area contributed by atoms with Gasteiger partial charge in [0.1, 0.15) is 0 Å². The maximum atomic E-state index is 13.0. The first-order chi connectivity index (χ1) is 12.9. The Kier molecular flexibility index (Phi) is 5.85. The molecule has 2 N–H and O–H groups in total. The van der Waals surface area contributed by atoms with Gasteiger partial charge in [-0.1, -0.05) is 54.8 Å². The fourth-order valence-corrected chi connectivity index (χ4v) is 4.05. The molecule has 2 aromatic rings. The number of halogens is 1. The number of hydrogen-bond donors (Lipinski definition) is 2. The molecule has 0 heterocycles. The van der Waals surface area contributed by atoms with Crippen LogP contribution in [0.3, 0.4) is 0 Å². The molecule has 0 bridgehead atoms. The molecule has 2 aromatic carbocycles. The van der Waals surface area contributed by atoms with Crippen LogP contribution in [0.5, 0.6) is 0 Å². The lowest BCUT2D eigenvalue weighted by Gasteiger charge is -2.28. The molecule has 0 spiro atoms. The first-order valence-electron chi connectivity index (χ1n) is 9.33. The third-order valence-electron chi connectivity index (χ3n) is 5.44. The Balaban J connectivity index is 1.68. The molecule has 1 aliphatic rings. The number of aryl methyl sites for hydroxylation is 2. The average molecular weight is 385 g/mol. The molecule has 0 atom stereocenters. The summed E-state index contributed by atoms with van der Waals surface area (Å²) in [5.41, 5.74) is 3.22. The Hall–Kier alpha value is -2.33. The van der Waals surface area contributed by atoms with Gasteiger partial charge < -0.3 is 10.6 Å². The minimum atomic E-state index is -0.566. The highest BCUT2D eigenvalue weighted by atomic mass is 35.5. The molecule has 0 aliphatic heterocycles. The molecule has 142 valence electrons. The minimum Gasteiger partial charge on any atom is -0.346 e. The van der Waals surface area contributed by atoms with Gasteiger partial charge in [-0.3, -0.25) is 9.59 Å². The minimum absolute atomic E-state index is 0.0397. The summed E-state index contributed by atoms with van der Waals surface area (Å²) in [4.78, 5) is 25.4. The number of amides is 2. The van der Waals surface area contributed by atoms with Crippen LogP contribution in [0, 0.1) is 13.8 Å². The molecule has 0 unspecified atom stereocenters. The third-order valence-corrected chi connectivity index (χ3v) is 5.70. The van der Waals surface area contributed by atoms with E-state index in [1.807, 2.05) is 56.3 Å². The molecule has 1 saturated carbocycles. The average Bonchev–Trinajstić information content (AvgIpc) is 3.14. The number of benzene rings is 2. The maximum Gasteiger partial charge on any atom is 0.243 e. The van der Waals surface area contributed by atoms with Crippen molar-refractivity contribution in [3.8, 4) is 0 Å². The standard InChI is InChI=1S/C22H25ClN2O2/c1-15-6-5-7-16(2)20(15)25-19(26)14-24-21(27)22(12-3-4-13-22)17-8-10-18(23)11-9-17/h5-11H,3-4,12-14H2,1-2H3,(H,24,27)(H,25,26). The smallest absolute Gasteiger partial charge is 0.243 e. The number of rotatable bonds is 5. The molecule has 4 nitrogen and oxygen atoms in total. The van der Waals surface area contributed by atoms with Crippen molar-refractivity contribution in [3.05, 3.63) is 64.2 Å². The molecule has 27 heavy (non-hydrogen) atoms. The fourth-order valence-electron chi connectivity index (χ4n) is 3.92. The van der Waals surface area contributed by atoms with Gasteiger partial charge in [-0.2, -0.15) is 0 Å². The number of carbonyl (C=O) groups is 2. The van der Waals surface area contributed by atoms with Crippen LogP contribution in [0.1, 0.15) is 42.4 Å². The molecular weight excluding hydrogens is 360 g/mol. The van der Waals surface area contributed by atoms with Crippen molar-refractivity contribution < 1.29 is 9.59 Å². The molecule has 3 rings (SSSR count). The second-order valence-electron chi connectivity index (χ2n) is 7.29. The Labute approximate surface area is 165 Å². The number of nitrogens with one attached hydrogen (secondary N) is 2. The number of anilines is 1. The van der Waals surface area contributed by atoms with E-state index in [0.29, 0.717) is 5.02 Å². The van der Waals surface area contributed by atoms with E-state index < -0.39 is 5.41 Å². The van der Waals surface area contributed by atoms with Gasteiger partial charge in [-0.05, 0) is 55.5 Å². The second kappa shape index (κ2) is 8.13. The topological polar surface area (TPSA) is 58.2 Å². The van der Waals surface area contributed by atoms with Crippen molar-refractivity contribution in [2.75, 3.05) is 11.9 Å². The summed E-state index contributed by atoms with van der Waals surface area (Å²) in [6, 6.07) is 13.3. The van der Waals surface area contributed by atoms with Crippen LogP contribution >= 0.6 is 11.6 Å². The van der Waals surface area contributed by atoms with Gasteiger partial charge in [0.2, 0.25) is 11.8 Å². The van der Waals surface area contributed by atoms with Crippen molar-refractivity contribution in [1.82, 2.24) is 5.32 Å². The highest BCUT2D eigenvalue weighted by Crippen LogP contribution is 2.41. The van der Waals surface area contributed by atoms with E-state index in [1.54, 1.807) is 0 Å². The third kappa shape index (κ3) is 4.16. The van der Waals surface area contributed by atoms with E-state index in [4.69, 9.17) is 11.6 Å². The van der Waals surface area contributed by atoms with Gasteiger partial charge in [-0.25, -0.2) is 0 Å². The lowest BCUT2D eigenvalue weighted by molar-refractivity contribution is -0.128. The zero-order valence-corrected chi connectivity index (χ0v) is 16.5. The highest BCUT2D eigenvalue weighted by Gasteiger charge is 2.42. The summed E-state index contributed by atoms with van der Waals surface area (Å²) < 4.78 is 0. The predicted molar refractivity (Wildman–Crippen MR) is 109 cm³/mol. The molecule has 5 heteroatoms. The van der Waals surface area contributed by atoms with Crippen LogP contribution in [0.25, 0.3) is 0 Å². The lowest BCUT2D eigenvalue weighted by Crippen LogP contribution is -2.45. The van der Waals surface area contributed by atoms with E-state index in [-0.39, 0.29) is 18.4 Å². The Morgan fingerprint density at radius 1 is 1.00 bits per heavy atom. The number of hydrogen-bond acceptors (Lipinski definition) is 2. The normalized spacial score (nSPS) is 15.4. The Morgan fingerprint density at radius 3 is 2.19 bits per heavy atom. The van der Waals surface area contributed by atoms with Crippen LogP contribution in [0.4, 0.5) is 5.69 Å². The van der Waals surface area contributed by atoms with Crippen molar-refractivity contribution in [2.24, 2.45) is 0 Å². The van der Waals surface area contributed by atoms with Crippen LogP contribution in [0.2, 0.25) is 5.02 Å². The first-order valence-corrected chi connectivity index (χ1v) is 9.70. The molecule has 0 aromatic heterocycles. The van der Waals surface area contributed by atoms with Crippen LogP contribution in [-0.2, 0) is 15.0 Å². The molecular formula is C22H25ClN2O2. The SMILES string of the molecule is Cc1cccc(C)c1NC(=O)CNC(=O)C1(c2ccc(Cl)cc2)CCCC1. The van der Waals surface area contributed by atoms with Crippen molar-refractivity contribution >= 4 is 29.1 Å². The van der Waals surface area contributed by atoms with Crippen LogP contribution in [-0.4, -0.2) is 18.4 Å². The Bertz CT molecular complexity index is 820.